The second-order valence-electron chi connectivity index (χ2n) is 4.05. The summed E-state index contributed by atoms with van der Waals surface area (Å²) in [4.78, 5) is 4.36. The largest absolute Gasteiger partial charge is 0.493 e. The molecular formula is C14H18N2O2. The minimum absolute atomic E-state index is 0.664. The van der Waals surface area contributed by atoms with E-state index in [1.54, 1.807) is 13.3 Å². The van der Waals surface area contributed by atoms with Crippen LogP contribution in [0.15, 0.2) is 30.6 Å². The molecule has 96 valence electrons. The first-order chi connectivity index (χ1) is 8.77. The lowest BCUT2D eigenvalue weighted by Gasteiger charge is -2.14. The van der Waals surface area contributed by atoms with Crippen LogP contribution in [0, 0.1) is 0 Å². The van der Waals surface area contributed by atoms with Crippen molar-refractivity contribution in [1.29, 1.82) is 0 Å². The molecule has 2 aromatic rings. The first kappa shape index (κ1) is 12.5. The highest BCUT2D eigenvalue weighted by Gasteiger charge is 2.15. The fraction of sp³-hybridized carbons (Fsp3) is 0.357. The average Bonchev–Trinajstić information content (AvgIpc) is 2.82. The van der Waals surface area contributed by atoms with Crippen LogP contribution in [0.3, 0.4) is 0 Å². The number of aryl methyl sites for hydroxylation is 1. The Balaban J connectivity index is 2.49. The maximum atomic E-state index is 5.81. The molecule has 0 bridgehead atoms. The van der Waals surface area contributed by atoms with Crippen LogP contribution in [-0.4, -0.2) is 23.3 Å². The fourth-order valence-corrected chi connectivity index (χ4v) is 1.83. The van der Waals surface area contributed by atoms with Gasteiger partial charge in [-0.1, -0.05) is 13.0 Å². The molecule has 2 rings (SSSR count). The first-order valence-corrected chi connectivity index (χ1v) is 6.05. The van der Waals surface area contributed by atoms with Crippen LogP contribution in [0.1, 0.15) is 13.3 Å². The summed E-state index contributed by atoms with van der Waals surface area (Å²) in [6, 6.07) is 5.84. The lowest BCUT2D eigenvalue weighted by molar-refractivity contribution is 0.295. The number of hydrogen-bond donors (Lipinski definition) is 0. The maximum absolute atomic E-state index is 5.81. The van der Waals surface area contributed by atoms with Gasteiger partial charge in [-0.2, -0.15) is 0 Å². The van der Waals surface area contributed by atoms with E-state index in [1.165, 1.54) is 0 Å². The summed E-state index contributed by atoms with van der Waals surface area (Å²) in [6.07, 6.45) is 4.65. The zero-order valence-corrected chi connectivity index (χ0v) is 11.0. The van der Waals surface area contributed by atoms with E-state index in [0.717, 1.165) is 29.3 Å². The van der Waals surface area contributed by atoms with E-state index in [4.69, 9.17) is 9.47 Å². The molecule has 0 unspecified atom stereocenters. The summed E-state index contributed by atoms with van der Waals surface area (Å²) < 4.78 is 13.1. The summed E-state index contributed by atoms with van der Waals surface area (Å²) in [5.74, 6) is 2.38. The number of benzene rings is 1. The molecule has 1 aromatic carbocycles. The molecule has 4 nitrogen and oxygen atoms in total. The van der Waals surface area contributed by atoms with Gasteiger partial charge in [-0.3, -0.25) is 0 Å². The molecule has 1 heterocycles. The Morgan fingerprint density at radius 3 is 2.78 bits per heavy atom. The first-order valence-electron chi connectivity index (χ1n) is 6.05. The van der Waals surface area contributed by atoms with Gasteiger partial charge in [-0.15, -0.1) is 0 Å². The van der Waals surface area contributed by atoms with Gasteiger partial charge >= 0.3 is 0 Å². The Kier molecular flexibility index (Phi) is 3.87. The molecule has 1 aromatic heterocycles. The molecule has 4 heteroatoms. The Labute approximate surface area is 107 Å². The lowest BCUT2D eigenvalue weighted by atomic mass is 10.1. The average molecular weight is 246 g/mol. The van der Waals surface area contributed by atoms with Crippen LogP contribution in [0.4, 0.5) is 0 Å². The third-order valence-electron chi connectivity index (χ3n) is 2.71. The van der Waals surface area contributed by atoms with E-state index in [1.807, 2.05) is 36.0 Å². The Morgan fingerprint density at radius 1 is 1.33 bits per heavy atom. The SMILES string of the molecule is CCCOc1c(OC)cccc1-c1nccn1C. The predicted molar refractivity (Wildman–Crippen MR) is 71.0 cm³/mol. The van der Waals surface area contributed by atoms with Crippen LogP contribution in [0.2, 0.25) is 0 Å². The minimum atomic E-state index is 0.664. The number of para-hydroxylation sites is 1. The lowest BCUT2D eigenvalue weighted by Crippen LogP contribution is -2.01. The second-order valence-corrected chi connectivity index (χ2v) is 4.05. The third kappa shape index (κ3) is 2.32. The number of imidazole rings is 1. The van der Waals surface area contributed by atoms with Crippen molar-refractivity contribution in [2.45, 2.75) is 13.3 Å². The number of ether oxygens (including phenoxy) is 2. The van der Waals surface area contributed by atoms with Crippen molar-refractivity contribution in [3.63, 3.8) is 0 Å². The van der Waals surface area contributed by atoms with E-state index >= 15 is 0 Å². The summed E-state index contributed by atoms with van der Waals surface area (Å²) in [5, 5.41) is 0. The molecule has 0 aliphatic rings. The van der Waals surface area contributed by atoms with Crippen molar-refractivity contribution < 1.29 is 9.47 Å². The molecule has 0 fully saturated rings. The fourth-order valence-electron chi connectivity index (χ4n) is 1.83. The van der Waals surface area contributed by atoms with E-state index in [-0.39, 0.29) is 0 Å². The summed E-state index contributed by atoms with van der Waals surface area (Å²) >= 11 is 0. The van der Waals surface area contributed by atoms with E-state index < -0.39 is 0 Å². The van der Waals surface area contributed by atoms with Crippen LogP contribution in [0.5, 0.6) is 11.5 Å². The van der Waals surface area contributed by atoms with Gasteiger partial charge in [0.15, 0.2) is 11.5 Å². The van der Waals surface area contributed by atoms with Gasteiger partial charge in [0.2, 0.25) is 0 Å². The van der Waals surface area contributed by atoms with Gasteiger partial charge in [0.25, 0.3) is 0 Å². The van der Waals surface area contributed by atoms with Gasteiger partial charge in [0.1, 0.15) is 5.82 Å². The monoisotopic (exact) mass is 246 g/mol. The van der Waals surface area contributed by atoms with Gasteiger partial charge in [0.05, 0.1) is 19.3 Å². The van der Waals surface area contributed by atoms with E-state index in [0.29, 0.717) is 6.61 Å². The topological polar surface area (TPSA) is 36.3 Å². The molecule has 0 N–H and O–H groups in total. The second kappa shape index (κ2) is 5.58. The van der Waals surface area contributed by atoms with Gasteiger partial charge in [0, 0.05) is 19.4 Å². The minimum Gasteiger partial charge on any atom is -0.493 e. The Hall–Kier alpha value is -1.97. The Morgan fingerprint density at radius 2 is 2.17 bits per heavy atom. The van der Waals surface area contributed by atoms with Crippen molar-refractivity contribution in [1.82, 2.24) is 9.55 Å². The standard InChI is InChI=1S/C14H18N2O2/c1-4-10-18-13-11(6-5-7-12(13)17-3)14-15-8-9-16(14)2/h5-9H,4,10H2,1-3H3. The van der Waals surface area contributed by atoms with Crippen LogP contribution >= 0.6 is 0 Å². The van der Waals surface area contributed by atoms with Crippen molar-refractivity contribution in [2.24, 2.45) is 7.05 Å². The number of nitrogens with zero attached hydrogens (tertiary/aromatic N) is 2. The number of aromatic nitrogens is 2. The van der Waals surface area contributed by atoms with Gasteiger partial charge in [-0.05, 0) is 18.6 Å². The molecule has 18 heavy (non-hydrogen) atoms. The molecular weight excluding hydrogens is 228 g/mol. The molecule has 0 saturated carbocycles. The predicted octanol–water partition coefficient (Wildman–Crippen LogP) is 2.88. The Bertz CT molecular complexity index is 520. The highest BCUT2D eigenvalue weighted by molar-refractivity contribution is 5.69. The van der Waals surface area contributed by atoms with Crippen molar-refractivity contribution in [3.8, 4) is 22.9 Å². The van der Waals surface area contributed by atoms with Gasteiger partial charge in [-0.25, -0.2) is 4.98 Å². The molecule has 0 atom stereocenters. The highest BCUT2D eigenvalue weighted by atomic mass is 16.5. The zero-order chi connectivity index (χ0) is 13.0. The molecule has 0 aliphatic carbocycles. The van der Waals surface area contributed by atoms with Crippen molar-refractivity contribution >= 4 is 0 Å². The molecule has 0 aliphatic heterocycles. The zero-order valence-electron chi connectivity index (χ0n) is 11.0. The van der Waals surface area contributed by atoms with Crippen molar-refractivity contribution in [2.75, 3.05) is 13.7 Å². The quantitative estimate of drug-likeness (QED) is 0.814. The van der Waals surface area contributed by atoms with Crippen LogP contribution < -0.4 is 9.47 Å². The number of rotatable bonds is 5. The van der Waals surface area contributed by atoms with Gasteiger partial charge < -0.3 is 14.0 Å². The summed E-state index contributed by atoms with van der Waals surface area (Å²) in [6.45, 7) is 2.74. The third-order valence-corrected chi connectivity index (χ3v) is 2.71. The molecule has 0 radical (unpaired) electrons. The number of hydrogen-bond acceptors (Lipinski definition) is 3. The molecule has 0 spiro atoms. The van der Waals surface area contributed by atoms with Crippen LogP contribution in [0.25, 0.3) is 11.4 Å². The van der Waals surface area contributed by atoms with E-state index in [9.17, 15) is 0 Å². The molecule has 0 saturated heterocycles. The van der Waals surface area contributed by atoms with E-state index in [2.05, 4.69) is 11.9 Å². The molecule has 0 amide bonds. The normalized spacial score (nSPS) is 10.4. The van der Waals surface area contributed by atoms with Crippen LogP contribution in [-0.2, 0) is 7.05 Å². The maximum Gasteiger partial charge on any atom is 0.172 e. The highest BCUT2D eigenvalue weighted by Crippen LogP contribution is 2.37. The summed E-state index contributed by atoms with van der Waals surface area (Å²) in [7, 11) is 3.61. The number of methoxy groups -OCH3 is 1. The summed E-state index contributed by atoms with van der Waals surface area (Å²) in [5.41, 5.74) is 0.954. The van der Waals surface area contributed by atoms with Crippen molar-refractivity contribution in [3.05, 3.63) is 30.6 Å². The smallest absolute Gasteiger partial charge is 0.172 e.